The number of hydrogen-bond acceptors (Lipinski definition) is 3. The molecule has 0 unspecified atom stereocenters. The highest BCUT2D eigenvalue weighted by molar-refractivity contribution is 5.86. The molecule has 0 saturated carbocycles. The summed E-state index contributed by atoms with van der Waals surface area (Å²) in [5.41, 5.74) is 0.567. The fraction of sp³-hybridized carbons (Fsp3) is 0.385. The van der Waals surface area contributed by atoms with Gasteiger partial charge in [-0.05, 0) is 12.0 Å². The predicted octanol–water partition coefficient (Wildman–Crippen LogP) is 0.965. The van der Waals surface area contributed by atoms with Crippen molar-refractivity contribution >= 4 is 11.9 Å². The Morgan fingerprint density at radius 3 is 2.61 bits per heavy atom. The Bertz CT molecular complexity index is 426. The molecule has 5 nitrogen and oxygen atoms in total. The molecule has 1 aliphatic rings. The summed E-state index contributed by atoms with van der Waals surface area (Å²) in [6.07, 6.45) is 0.646. The van der Waals surface area contributed by atoms with Crippen molar-refractivity contribution in [1.29, 1.82) is 0 Å². The van der Waals surface area contributed by atoms with Gasteiger partial charge in [0.05, 0.1) is 12.5 Å². The topological polar surface area (TPSA) is 75.6 Å². The van der Waals surface area contributed by atoms with E-state index in [1.807, 2.05) is 0 Å². The zero-order valence-corrected chi connectivity index (χ0v) is 9.83. The van der Waals surface area contributed by atoms with Crippen LogP contribution in [0.15, 0.2) is 30.3 Å². The lowest BCUT2D eigenvalue weighted by Crippen LogP contribution is -2.37. The van der Waals surface area contributed by atoms with Crippen LogP contribution in [0, 0.1) is 5.92 Å². The van der Waals surface area contributed by atoms with E-state index in [4.69, 9.17) is 4.74 Å². The van der Waals surface area contributed by atoms with Gasteiger partial charge in [0, 0.05) is 6.61 Å². The second kappa shape index (κ2) is 5.64. The molecular weight excluding hydrogens is 234 g/mol. The van der Waals surface area contributed by atoms with E-state index in [1.54, 1.807) is 30.3 Å². The third-order valence-corrected chi connectivity index (χ3v) is 2.97. The zero-order chi connectivity index (χ0) is 13.0. The van der Waals surface area contributed by atoms with Crippen LogP contribution in [-0.4, -0.2) is 30.2 Å². The van der Waals surface area contributed by atoms with E-state index in [0.29, 0.717) is 25.2 Å². The Labute approximate surface area is 105 Å². The first-order chi connectivity index (χ1) is 8.68. The number of hydrogen-bond donors (Lipinski definition) is 2. The maximum Gasteiger partial charge on any atom is 0.330 e. The number of amides is 1. The van der Waals surface area contributed by atoms with Gasteiger partial charge in [-0.1, -0.05) is 30.3 Å². The molecule has 2 atom stereocenters. The van der Waals surface area contributed by atoms with Crippen molar-refractivity contribution in [2.24, 2.45) is 5.92 Å². The van der Waals surface area contributed by atoms with E-state index in [9.17, 15) is 14.7 Å². The molecule has 18 heavy (non-hydrogen) atoms. The number of carboxylic acids is 1. The summed E-state index contributed by atoms with van der Waals surface area (Å²) in [7, 11) is 0. The number of aliphatic carboxylic acids is 1. The molecule has 1 saturated heterocycles. The molecule has 1 aliphatic heterocycles. The van der Waals surface area contributed by atoms with E-state index in [2.05, 4.69) is 5.32 Å². The van der Waals surface area contributed by atoms with Gasteiger partial charge >= 0.3 is 5.97 Å². The quantitative estimate of drug-likeness (QED) is 0.833. The molecule has 0 spiro atoms. The highest BCUT2D eigenvalue weighted by Gasteiger charge is 2.28. The molecule has 1 aromatic rings. The van der Waals surface area contributed by atoms with Crippen LogP contribution in [0.3, 0.4) is 0 Å². The van der Waals surface area contributed by atoms with Crippen molar-refractivity contribution < 1.29 is 19.4 Å². The molecule has 2 N–H and O–H groups in total. The first-order valence-electron chi connectivity index (χ1n) is 5.84. The number of carbonyl (C=O) groups is 2. The van der Waals surface area contributed by atoms with Gasteiger partial charge in [0.2, 0.25) is 5.91 Å². The van der Waals surface area contributed by atoms with Crippen LogP contribution in [0.2, 0.25) is 0 Å². The average molecular weight is 249 g/mol. The van der Waals surface area contributed by atoms with E-state index in [-0.39, 0.29) is 11.8 Å². The minimum Gasteiger partial charge on any atom is -0.479 e. The number of nitrogens with one attached hydrogen (secondary N) is 1. The van der Waals surface area contributed by atoms with Crippen molar-refractivity contribution in [2.45, 2.75) is 12.5 Å². The molecule has 0 aromatic heterocycles. The summed E-state index contributed by atoms with van der Waals surface area (Å²) < 4.78 is 5.12. The molecule has 96 valence electrons. The summed E-state index contributed by atoms with van der Waals surface area (Å²) in [5, 5.41) is 11.7. The largest absolute Gasteiger partial charge is 0.479 e. The van der Waals surface area contributed by atoms with E-state index in [0.717, 1.165) is 0 Å². The van der Waals surface area contributed by atoms with Gasteiger partial charge in [0.25, 0.3) is 0 Å². The second-order valence-corrected chi connectivity index (χ2v) is 4.25. The lowest BCUT2D eigenvalue weighted by molar-refractivity contribution is -0.142. The summed E-state index contributed by atoms with van der Waals surface area (Å²) in [6, 6.07) is 7.66. The van der Waals surface area contributed by atoms with E-state index >= 15 is 0 Å². The highest BCUT2D eigenvalue weighted by atomic mass is 16.5. The van der Waals surface area contributed by atoms with Gasteiger partial charge < -0.3 is 15.2 Å². The minimum absolute atomic E-state index is 0.240. The predicted molar refractivity (Wildman–Crippen MR) is 63.9 cm³/mol. The van der Waals surface area contributed by atoms with Gasteiger partial charge in [0.1, 0.15) is 0 Å². The SMILES string of the molecule is O=C(N[C@@H](C(=O)O)c1ccccc1)[C@@H]1CCOC1. The van der Waals surface area contributed by atoms with Gasteiger partial charge in [-0.15, -0.1) is 0 Å². The van der Waals surface area contributed by atoms with Gasteiger partial charge in [-0.25, -0.2) is 4.79 Å². The maximum atomic E-state index is 11.9. The fourth-order valence-corrected chi connectivity index (χ4v) is 1.93. The fourth-order valence-electron chi connectivity index (χ4n) is 1.93. The summed E-state index contributed by atoms with van der Waals surface area (Å²) >= 11 is 0. The molecule has 1 fully saturated rings. The van der Waals surface area contributed by atoms with Crippen LogP contribution in [-0.2, 0) is 14.3 Å². The van der Waals surface area contributed by atoms with Crippen LogP contribution in [0.25, 0.3) is 0 Å². The average Bonchev–Trinajstić information content (AvgIpc) is 2.90. The van der Waals surface area contributed by atoms with Crippen LogP contribution < -0.4 is 5.32 Å². The first-order valence-corrected chi connectivity index (χ1v) is 5.84. The third-order valence-electron chi connectivity index (χ3n) is 2.97. The molecule has 0 radical (unpaired) electrons. The summed E-state index contributed by atoms with van der Waals surface area (Å²) in [4.78, 5) is 23.1. The Morgan fingerprint density at radius 1 is 1.33 bits per heavy atom. The molecule has 0 aliphatic carbocycles. The van der Waals surface area contributed by atoms with Crippen molar-refractivity contribution in [2.75, 3.05) is 13.2 Å². The Kier molecular flexibility index (Phi) is 3.94. The van der Waals surface area contributed by atoms with Crippen molar-refractivity contribution in [3.63, 3.8) is 0 Å². The molecule has 5 heteroatoms. The second-order valence-electron chi connectivity index (χ2n) is 4.25. The van der Waals surface area contributed by atoms with Crippen molar-refractivity contribution in [3.8, 4) is 0 Å². The smallest absolute Gasteiger partial charge is 0.330 e. The number of benzene rings is 1. The van der Waals surface area contributed by atoms with Crippen LogP contribution >= 0.6 is 0 Å². The monoisotopic (exact) mass is 249 g/mol. The number of ether oxygens (including phenoxy) is 1. The van der Waals surface area contributed by atoms with E-state index < -0.39 is 12.0 Å². The number of rotatable bonds is 4. The number of carbonyl (C=O) groups excluding carboxylic acids is 1. The van der Waals surface area contributed by atoms with Crippen LogP contribution in [0.1, 0.15) is 18.0 Å². The Balaban J connectivity index is 2.07. The van der Waals surface area contributed by atoms with Gasteiger partial charge in [-0.2, -0.15) is 0 Å². The molecule has 1 aromatic carbocycles. The molecular formula is C13H15NO4. The summed E-state index contributed by atoms with van der Waals surface area (Å²) in [6.45, 7) is 0.925. The van der Waals surface area contributed by atoms with Crippen molar-refractivity contribution in [3.05, 3.63) is 35.9 Å². The molecule has 1 heterocycles. The first kappa shape index (κ1) is 12.6. The Morgan fingerprint density at radius 2 is 2.06 bits per heavy atom. The highest BCUT2D eigenvalue weighted by Crippen LogP contribution is 2.17. The summed E-state index contributed by atoms with van der Waals surface area (Å²) in [5.74, 6) is -1.56. The van der Waals surface area contributed by atoms with Crippen molar-refractivity contribution in [1.82, 2.24) is 5.32 Å². The lowest BCUT2D eigenvalue weighted by Gasteiger charge is -2.17. The Hall–Kier alpha value is -1.88. The van der Waals surface area contributed by atoms with Crippen LogP contribution in [0.5, 0.6) is 0 Å². The van der Waals surface area contributed by atoms with E-state index in [1.165, 1.54) is 0 Å². The zero-order valence-electron chi connectivity index (χ0n) is 9.83. The molecule has 0 bridgehead atoms. The third kappa shape index (κ3) is 2.87. The maximum absolute atomic E-state index is 11.9. The standard InChI is InChI=1S/C13H15NO4/c15-12(10-6-7-18-8-10)14-11(13(16)17)9-4-2-1-3-5-9/h1-5,10-11H,6-8H2,(H,14,15)(H,16,17)/t10-,11-/m1/s1. The number of carboxylic acid groups (broad SMARTS) is 1. The minimum atomic E-state index is -1.06. The van der Waals surface area contributed by atoms with Crippen LogP contribution in [0.4, 0.5) is 0 Å². The lowest BCUT2D eigenvalue weighted by atomic mass is 10.0. The molecule has 2 rings (SSSR count). The van der Waals surface area contributed by atoms with Gasteiger partial charge in [0.15, 0.2) is 6.04 Å². The normalized spacial score (nSPS) is 20.3. The van der Waals surface area contributed by atoms with Gasteiger partial charge in [-0.3, -0.25) is 4.79 Å². The molecule has 1 amide bonds.